The predicted molar refractivity (Wildman–Crippen MR) is 124 cm³/mol. The Hall–Kier alpha value is -3.39. The third kappa shape index (κ3) is 6.35. The minimum atomic E-state index is -4.48. The fourth-order valence-electron chi connectivity index (χ4n) is 3.68. The van der Waals surface area contributed by atoms with Gasteiger partial charge in [0.25, 0.3) is 0 Å². The highest BCUT2D eigenvalue weighted by atomic mass is 19.4. The molecule has 1 aromatic heterocycles. The van der Waals surface area contributed by atoms with Gasteiger partial charge >= 0.3 is 6.18 Å². The van der Waals surface area contributed by atoms with Gasteiger partial charge in [0.2, 0.25) is 0 Å². The Morgan fingerprint density at radius 3 is 2.38 bits per heavy atom. The molecule has 0 saturated heterocycles. The number of aromatic nitrogens is 1. The summed E-state index contributed by atoms with van der Waals surface area (Å²) in [6.45, 7) is 4.12. The van der Waals surface area contributed by atoms with E-state index >= 15 is 0 Å². The van der Waals surface area contributed by atoms with Gasteiger partial charge < -0.3 is 10.1 Å². The monoisotopic (exact) mass is 473 g/mol. The second-order valence-corrected chi connectivity index (χ2v) is 7.82. The maximum Gasteiger partial charge on any atom is 0.433 e. The zero-order chi connectivity index (χ0) is 24.7. The molecule has 180 valence electrons. The molecular formula is C26H27F4N3O. The van der Waals surface area contributed by atoms with Gasteiger partial charge in [-0.1, -0.05) is 49.0 Å². The molecule has 0 aliphatic rings. The fraction of sp³-hybridized carbons (Fsp3) is 0.269. The van der Waals surface area contributed by atoms with E-state index in [0.717, 1.165) is 22.9 Å². The van der Waals surface area contributed by atoms with E-state index in [1.165, 1.54) is 25.4 Å². The molecule has 3 rings (SSSR count). The molecule has 2 atom stereocenters. The predicted octanol–water partition coefficient (Wildman–Crippen LogP) is 5.99. The molecule has 0 aliphatic heterocycles. The van der Waals surface area contributed by atoms with Crippen LogP contribution in [0.1, 0.15) is 40.9 Å². The number of nitrogens with one attached hydrogen (secondary N) is 2. The van der Waals surface area contributed by atoms with Gasteiger partial charge in [0.05, 0.1) is 13.2 Å². The minimum Gasteiger partial charge on any atom is -0.494 e. The first-order valence-corrected chi connectivity index (χ1v) is 10.8. The fourth-order valence-corrected chi connectivity index (χ4v) is 3.68. The molecule has 3 aromatic rings. The summed E-state index contributed by atoms with van der Waals surface area (Å²) in [5.74, 6) is -0.361. The summed E-state index contributed by atoms with van der Waals surface area (Å²) in [5, 5.41) is 6.66. The van der Waals surface area contributed by atoms with Crippen molar-refractivity contribution < 1.29 is 22.3 Å². The van der Waals surface area contributed by atoms with Crippen LogP contribution in [0.5, 0.6) is 5.75 Å². The number of ether oxygens (including phenoxy) is 1. The minimum absolute atomic E-state index is 0.115. The first-order valence-electron chi connectivity index (χ1n) is 10.8. The van der Waals surface area contributed by atoms with E-state index in [1.807, 2.05) is 30.3 Å². The number of halogens is 4. The standard InChI is InChI=1S/C26H27F4N3O/c1-17(31-2)25(19-7-5-4-6-8-19)33-22(20-11-12-21(27)23(15-20)34-3)13-9-18-10-14-24(32-16-18)26(28,29)30/h4-8,10-12,14-16,22,25,31,33H,1,9,13H2,2-3H3/t22-,25+/m1/s1. The van der Waals surface area contributed by atoms with Crippen LogP contribution < -0.4 is 15.4 Å². The Morgan fingerprint density at radius 1 is 1.06 bits per heavy atom. The molecule has 0 unspecified atom stereocenters. The van der Waals surface area contributed by atoms with Gasteiger partial charge in [0, 0.05) is 25.0 Å². The zero-order valence-electron chi connectivity index (χ0n) is 19.0. The lowest BCUT2D eigenvalue weighted by molar-refractivity contribution is -0.141. The highest BCUT2D eigenvalue weighted by Gasteiger charge is 2.32. The van der Waals surface area contributed by atoms with Crippen LogP contribution in [0.4, 0.5) is 17.6 Å². The Labute approximate surface area is 196 Å². The van der Waals surface area contributed by atoms with Gasteiger partial charge in [-0.15, -0.1) is 0 Å². The van der Waals surface area contributed by atoms with Gasteiger partial charge in [-0.2, -0.15) is 13.2 Å². The normalized spacial score (nSPS) is 13.2. The quantitative estimate of drug-likeness (QED) is 0.355. The van der Waals surface area contributed by atoms with Crippen molar-refractivity contribution in [2.45, 2.75) is 31.1 Å². The van der Waals surface area contributed by atoms with Crippen LogP contribution in [0.3, 0.4) is 0 Å². The third-order valence-corrected chi connectivity index (χ3v) is 5.58. The van der Waals surface area contributed by atoms with Crippen LogP contribution in [0, 0.1) is 5.82 Å². The first-order chi connectivity index (χ1) is 16.2. The number of likely N-dealkylation sites (N-methyl/N-ethyl adjacent to an activating group) is 1. The number of benzene rings is 2. The highest BCUT2D eigenvalue weighted by Crippen LogP contribution is 2.31. The molecule has 0 spiro atoms. The van der Waals surface area contributed by atoms with Crippen LogP contribution >= 0.6 is 0 Å². The molecule has 0 amide bonds. The number of pyridine rings is 1. The lowest BCUT2D eigenvalue weighted by Crippen LogP contribution is -2.31. The van der Waals surface area contributed by atoms with Crippen molar-refractivity contribution in [2.24, 2.45) is 0 Å². The second kappa shape index (κ2) is 11.2. The molecule has 1 heterocycles. The molecule has 0 radical (unpaired) electrons. The molecular weight excluding hydrogens is 446 g/mol. The number of methoxy groups -OCH3 is 1. The Morgan fingerprint density at radius 2 is 1.79 bits per heavy atom. The summed E-state index contributed by atoms with van der Waals surface area (Å²) >= 11 is 0. The van der Waals surface area contributed by atoms with Crippen molar-refractivity contribution >= 4 is 0 Å². The van der Waals surface area contributed by atoms with E-state index in [9.17, 15) is 17.6 Å². The number of alkyl halides is 3. The average Bonchev–Trinajstić information content (AvgIpc) is 2.84. The Bertz CT molecular complexity index is 1090. The average molecular weight is 474 g/mol. The van der Waals surface area contributed by atoms with Crippen molar-refractivity contribution in [1.29, 1.82) is 0 Å². The SMILES string of the molecule is C=C(NC)[C@H](N[C@H](CCc1ccc(C(F)(F)F)nc1)c1ccc(F)c(OC)c1)c1ccccc1. The van der Waals surface area contributed by atoms with Gasteiger partial charge in [0.1, 0.15) is 5.69 Å². The van der Waals surface area contributed by atoms with Crippen molar-refractivity contribution in [1.82, 2.24) is 15.6 Å². The summed E-state index contributed by atoms with van der Waals surface area (Å²) in [4.78, 5) is 3.55. The van der Waals surface area contributed by atoms with E-state index in [2.05, 4.69) is 22.2 Å². The summed E-state index contributed by atoms with van der Waals surface area (Å²) in [6.07, 6.45) is -2.27. The second-order valence-electron chi connectivity index (χ2n) is 7.82. The third-order valence-electron chi connectivity index (χ3n) is 5.58. The lowest BCUT2D eigenvalue weighted by atomic mass is 9.95. The van der Waals surface area contributed by atoms with Crippen molar-refractivity contribution in [3.63, 3.8) is 0 Å². The highest BCUT2D eigenvalue weighted by molar-refractivity contribution is 5.34. The van der Waals surface area contributed by atoms with E-state index in [-0.39, 0.29) is 17.8 Å². The van der Waals surface area contributed by atoms with Gasteiger partial charge in [-0.05, 0) is 47.7 Å². The molecule has 2 aromatic carbocycles. The summed E-state index contributed by atoms with van der Waals surface area (Å²) in [7, 11) is 3.18. The molecule has 0 aliphatic carbocycles. The first kappa shape index (κ1) is 25.2. The summed E-state index contributed by atoms with van der Waals surface area (Å²) < 4.78 is 57.7. The van der Waals surface area contributed by atoms with Crippen molar-refractivity contribution in [3.05, 3.63) is 107 Å². The van der Waals surface area contributed by atoms with Gasteiger partial charge in [-0.25, -0.2) is 4.39 Å². The Kier molecular flexibility index (Phi) is 8.28. The molecule has 34 heavy (non-hydrogen) atoms. The molecule has 2 N–H and O–H groups in total. The number of aryl methyl sites for hydroxylation is 1. The van der Waals surface area contributed by atoms with Gasteiger partial charge in [-0.3, -0.25) is 10.3 Å². The molecule has 8 heteroatoms. The molecule has 0 fully saturated rings. The van der Waals surface area contributed by atoms with E-state index in [0.29, 0.717) is 18.4 Å². The van der Waals surface area contributed by atoms with E-state index in [1.54, 1.807) is 19.2 Å². The van der Waals surface area contributed by atoms with Crippen molar-refractivity contribution in [3.8, 4) is 5.75 Å². The topological polar surface area (TPSA) is 46.2 Å². The molecule has 0 bridgehead atoms. The van der Waals surface area contributed by atoms with Crippen LogP contribution in [-0.4, -0.2) is 19.1 Å². The smallest absolute Gasteiger partial charge is 0.433 e. The number of hydrogen-bond acceptors (Lipinski definition) is 4. The van der Waals surface area contributed by atoms with Crippen LogP contribution in [0.2, 0.25) is 0 Å². The summed E-state index contributed by atoms with van der Waals surface area (Å²) in [5.41, 5.74) is 2.24. The molecule has 4 nitrogen and oxygen atoms in total. The van der Waals surface area contributed by atoms with Gasteiger partial charge in [0.15, 0.2) is 11.6 Å². The zero-order valence-corrected chi connectivity index (χ0v) is 19.0. The number of rotatable bonds is 10. The van der Waals surface area contributed by atoms with E-state index in [4.69, 9.17) is 4.74 Å². The molecule has 0 saturated carbocycles. The number of nitrogens with zero attached hydrogens (tertiary/aromatic N) is 1. The largest absolute Gasteiger partial charge is 0.494 e. The van der Waals surface area contributed by atoms with Crippen LogP contribution in [0.15, 0.2) is 79.1 Å². The van der Waals surface area contributed by atoms with Crippen LogP contribution in [0.25, 0.3) is 0 Å². The maximum atomic E-state index is 14.1. The number of hydrogen-bond donors (Lipinski definition) is 2. The summed E-state index contributed by atoms with van der Waals surface area (Å²) in [6, 6.07) is 16.2. The maximum absolute atomic E-state index is 14.1. The van der Waals surface area contributed by atoms with Crippen LogP contribution in [-0.2, 0) is 12.6 Å². The van der Waals surface area contributed by atoms with Crippen molar-refractivity contribution in [2.75, 3.05) is 14.2 Å². The van der Waals surface area contributed by atoms with E-state index < -0.39 is 17.7 Å². The lowest BCUT2D eigenvalue weighted by Gasteiger charge is -2.28. The Balaban J connectivity index is 1.89.